The Bertz CT molecular complexity index is 672. The van der Waals surface area contributed by atoms with E-state index in [9.17, 15) is 5.11 Å². The molecular weight excluding hydrogens is 326 g/mol. The molecule has 2 heterocycles. The molecule has 1 saturated heterocycles. The average molecular weight is 349 g/mol. The van der Waals surface area contributed by atoms with Crippen LogP contribution < -0.4 is 0 Å². The van der Waals surface area contributed by atoms with Crippen LogP contribution in [-0.2, 0) is 4.74 Å². The summed E-state index contributed by atoms with van der Waals surface area (Å²) in [5, 5.41) is 22.9. The van der Waals surface area contributed by atoms with E-state index >= 15 is 0 Å². The molecule has 1 aliphatic heterocycles. The second-order valence-electron chi connectivity index (χ2n) is 6.04. The number of benzene rings is 1. The number of aliphatic hydroxyl groups excluding tert-OH is 1. The summed E-state index contributed by atoms with van der Waals surface area (Å²) in [6.07, 6.45) is -0.419. The van der Waals surface area contributed by atoms with E-state index in [2.05, 4.69) is 33.4 Å². The van der Waals surface area contributed by atoms with Crippen molar-refractivity contribution in [2.24, 2.45) is 0 Å². The lowest BCUT2D eigenvalue weighted by Gasteiger charge is -2.28. The van der Waals surface area contributed by atoms with E-state index in [4.69, 9.17) is 4.74 Å². The number of ether oxygens (including phenoxy) is 1. The van der Waals surface area contributed by atoms with Crippen molar-refractivity contribution in [2.45, 2.75) is 25.1 Å². The Morgan fingerprint density at radius 3 is 2.83 bits per heavy atom. The topological polar surface area (TPSA) is 76.3 Å². The van der Waals surface area contributed by atoms with Crippen LogP contribution in [0, 0.1) is 13.8 Å². The van der Waals surface area contributed by atoms with Crippen LogP contribution in [0.1, 0.15) is 11.1 Å². The fourth-order valence-corrected chi connectivity index (χ4v) is 3.57. The second kappa shape index (κ2) is 8.06. The SMILES string of the molecule is Cc1ccc(-n2nnnc2SCC(O)CN2CCOCC2)c(C)c1. The summed E-state index contributed by atoms with van der Waals surface area (Å²) >= 11 is 1.48. The van der Waals surface area contributed by atoms with Gasteiger partial charge in [0.15, 0.2) is 0 Å². The molecule has 0 saturated carbocycles. The van der Waals surface area contributed by atoms with Crippen molar-refractivity contribution in [3.05, 3.63) is 29.3 Å². The number of β-amino-alcohol motifs (C(OH)–C–C–N with tert-alkyl or cyclic N) is 1. The molecule has 1 aliphatic rings. The highest BCUT2D eigenvalue weighted by molar-refractivity contribution is 7.99. The van der Waals surface area contributed by atoms with Gasteiger partial charge in [0.25, 0.3) is 0 Å². The summed E-state index contributed by atoms with van der Waals surface area (Å²) in [4.78, 5) is 2.22. The van der Waals surface area contributed by atoms with E-state index in [-0.39, 0.29) is 0 Å². The van der Waals surface area contributed by atoms with Gasteiger partial charge in [0.05, 0.1) is 25.0 Å². The zero-order valence-corrected chi connectivity index (χ0v) is 14.9. The van der Waals surface area contributed by atoms with Gasteiger partial charge in [0.1, 0.15) is 0 Å². The van der Waals surface area contributed by atoms with Crippen LogP contribution >= 0.6 is 11.8 Å². The summed E-state index contributed by atoms with van der Waals surface area (Å²) in [6, 6.07) is 6.18. The lowest BCUT2D eigenvalue weighted by molar-refractivity contribution is 0.0188. The molecule has 1 aromatic carbocycles. The number of rotatable bonds is 6. The van der Waals surface area contributed by atoms with E-state index in [0.717, 1.165) is 37.6 Å². The van der Waals surface area contributed by atoms with Gasteiger partial charge < -0.3 is 9.84 Å². The highest BCUT2D eigenvalue weighted by Crippen LogP contribution is 2.22. The standard InChI is InChI=1S/C16H23N5O2S/c1-12-3-4-15(13(2)9-12)21-16(17-18-19-21)24-11-14(22)10-20-5-7-23-8-6-20/h3-4,9,14,22H,5-8,10-11H2,1-2H3. The van der Waals surface area contributed by atoms with Crippen LogP contribution in [0.2, 0.25) is 0 Å². The molecule has 1 atom stereocenters. The molecule has 1 unspecified atom stereocenters. The number of nitrogens with zero attached hydrogens (tertiary/aromatic N) is 5. The average Bonchev–Trinajstić information content (AvgIpc) is 3.02. The third-order valence-corrected chi connectivity index (χ3v) is 5.06. The zero-order chi connectivity index (χ0) is 16.9. The maximum atomic E-state index is 10.3. The number of aliphatic hydroxyl groups is 1. The molecule has 1 N–H and O–H groups in total. The fraction of sp³-hybridized carbons (Fsp3) is 0.562. The third kappa shape index (κ3) is 4.32. The largest absolute Gasteiger partial charge is 0.391 e. The Balaban J connectivity index is 1.61. The van der Waals surface area contributed by atoms with Crippen molar-refractivity contribution in [3.63, 3.8) is 0 Å². The smallest absolute Gasteiger partial charge is 0.214 e. The van der Waals surface area contributed by atoms with Gasteiger partial charge in [-0.15, -0.1) is 5.10 Å². The van der Waals surface area contributed by atoms with Crippen LogP contribution in [-0.4, -0.2) is 74.9 Å². The van der Waals surface area contributed by atoms with Crippen molar-refractivity contribution in [1.82, 2.24) is 25.1 Å². The molecule has 0 amide bonds. The minimum atomic E-state index is -0.419. The van der Waals surface area contributed by atoms with Gasteiger partial charge in [-0.25, -0.2) is 0 Å². The van der Waals surface area contributed by atoms with Crippen LogP contribution in [0.4, 0.5) is 0 Å². The van der Waals surface area contributed by atoms with E-state index < -0.39 is 6.10 Å². The molecule has 1 fully saturated rings. The van der Waals surface area contributed by atoms with Crippen molar-refractivity contribution in [1.29, 1.82) is 0 Å². The predicted octanol–water partition coefficient (Wildman–Crippen LogP) is 1.06. The highest BCUT2D eigenvalue weighted by atomic mass is 32.2. The van der Waals surface area contributed by atoms with Gasteiger partial charge >= 0.3 is 0 Å². The van der Waals surface area contributed by atoms with Crippen molar-refractivity contribution < 1.29 is 9.84 Å². The first kappa shape index (κ1) is 17.3. The molecule has 1 aromatic heterocycles. The second-order valence-corrected chi connectivity index (χ2v) is 7.03. The van der Waals surface area contributed by atoms with Crippen LogP contribution in [0.5, 0.6) is 0 Å². The summed E-state index contributed by atoms with van der Waals surface area (Å²) in [5.41, 5.74) is 3.30. The van der Waals surface area contributed by atoms with Gasteiger partial charge in [-0.2, -0.15) is 4.68 Å². The number of aryl methyl sites for hydroxylation is 2. The number of hydrogen-bond donors (Lipinski definition) is 1. The molecule has 0 radical (unpaired) electrons. The summed E-state index contributed by atoms with van der Waals surface area (Å²) in [7, 11) is 0. The molecule has 7 nitrogen and oxygen atoms in total. The van der Waals surface area contributed by atoms with Gasteiger partial charge in [-0.1, -0.05) is 29.5 Å². The Morgan fingerprint density at radius 1 is 1.29 bits per heavy atom. The van der Waals surface area contributed by atoms with Crippen molar-refractivity contribution in [2.75, 3.05) is 38.6 Å². The highest BCUT2D eigenvalue weighted by Gasteiger charge is 2.17. The number of aromatic nitrogens is 4. The Morgan fingerprint density at radius 2 is 2.08 bits per heavy atom. The first-order valence-corrected chi connectivity index (χ1v) is 9.09. The maximum Gasteiger partial charge on any atom is 0.214 e. The zero-order valence-electron chi connectivity index (χ0n) is 14.1. The maximum absolute atomic E-state index is 10.3. The third-order valence-electron chi connectivity index (χ3n) is 4.00. The van der Waals surface area contributed by atoms with Gasteiger partial charge in [-0.3, -0.25) is 4.90 Å². The van der Waals surface area contributed by atoms with Gasteiger partial charge in [-0.05, 0) is 35.9 Å². The van der Waals surface area contributed by atoms with E-state index in [0.29, 0.717) is 17.5 Å². The molecule has 24 heavy (non-hydrogen) atoms. The quantitative estimate of drug-likeness (QED) is 0.782. The fourth-order valence-electron chi connectivity index (χ4n) is 2.77. The van der Waals surface area contributed by atoms with Gasteiger partial charge in [0.2, 0.25) is 5.16 Å². The Hall–Kier alpha value is -1.48. The lowest BCUT2D eigenvalue weighted by Crippen LogP contribution is -2.41. The van der Waals surface area contributed by atoms with E-state index in [1.807, 2.05) is 19.1 Å². The summed E-state index contributed by atoms with van der Waals surface area (Å²) in [5.74, 6) is 0.558. The molecule has 0 spiro atoms. The molecule has 0 aliphatic carbocycles. The normalized spacial score (nSPS) is 17.1. The number of tetrazole rings is 1. The first-order chi connectivity index (χ1) is 11.6. The number of morpholine rings is 1. The molecule has 8 heteroatoms. The van der Waals surface area contributed by atoms with Crippen molar-refractivity contribution in [3.8, 4) is 5.69 Å². The monoisotopic (exact) mass is 349 g/mol. The number of hydrogen-bond acceptors (Lipinski definition) is 7. The molecule has 130 valence electrons. The number of thioether (sulfide) groups is 1. The molecule has 0 bridgehead atoms. The van der Waals surface area contributed by atoms with Crippen LogP contribution in [0.15, 0.2) is 23.4 Å². The Kier molecular flexibility index (Phi) is 5.83. The molecular formula is C16H23N5O2S. The summed E-state index contributed by atoms with van der Waals surface area (Å²) < 4.78 is 7.06. The molecule has 2 aromatic rings. The lowest BCUT2D eigenvalue weighted by atomic mass is 10.1. The first-order valence-electron chi connectivity index (χ1n) is 8.10. The van der Waals surface area contributed by atoms with Crippen LogP contribution in [0.25, 0.3) is 5.69 Å². The van der Waals surface area contributed by atoms with Crippen LogP contribution in [0.3, 0.4) is 0 Å². The molecule has 3 rings (SSSR count). The minimum Gasteiger partial charge on any atom is -0.391 e. The Labute approximate surface area is 146 Å². The summed E-state index contributed by atoms with van der Waals surface area (Å²) in [6.45, 7) is 8.00. The van der Waals surface area contributed by atoms with Crippen molar-refractivity contribution >= 4 is 11.8 Å². The van der Waals surface area contributed by atoms with Gasteiger partial charge in [0, 0.05) is 25.4 Å². The predicted molar refractivity (Wildman–Crippen MR) is 92.6 cm³/mol. The van der Waals surface area contributed by atoms with E-state index in [1.165, 1.54) is 17.3 Å². The minimum absolute atomic E-state index is 0.419. The van der Waals surface area contributed by atoms with E-state index in [1.54, 1.807) is 4.68 Å².